The molecule has 0 fully saturated rings. The molecule has 2 rings (SSSR count). The first-order valence-electron chi connectivity index (χ1n) is 5.34. The van der Waals surface area contributed by atoms with Crippen molar-refractivity contribution < 1.29 is 4.21 Å². The Morgan fingerprint density at radius 2 is 2.47 bits per heavy atom. The van der Waals surface area contributed by atoms with E-state index in [4.69, 9.17) is 0 Å². The molecule has 4 nitrogen and oxygen atoms in total. The molecule has 92 valence electrons. The third-order valence-electron chi connectivity index (χ3n) is 2.37. The second-order valence-corrected chi connectivity index (χ2v) is 6.20. The van der Waals surface area contributed by atoms with E-state index in [1.165, 1.54) is 4.88 Å². The number of hydrogen-bond acceptors (Lipinski definition) is 4. The van der Waals surface area contributed by atoms with Crippen LogP contribution in [0, 0.1) is 0 Å². The zero-order valence-corrected chi connectivity index (χ0v) is 11.2. The fourth-order valence-corrected chi connectivity index (χ4v) is 2.71. The van der Waals surface area contributed by atoms with E-state index < -0.39 is 10.8 Å². The second kappa shape index (κ2) is 6.09. The first-order chi connectivity index (χ1) is 8.27. The number of aromatic nitrogens is 2. The summed E-state index contributed by atoms with van der Waals surface area (Å²) >= 11 is 1.69. The van der Waals surface area contributed by atoms with Crippen molar-refractivity contribution in [3.05, 3.63) is 29.3 Å². The van der Waals surface area contributed by atoms with Crippen molar-refractivity contribution in [1.82, 2.24) is 15.5 Å². The molecule has 0 amide bonds. The Morgan fingerprint density at radius 1 is 1.59 bits per heavy atom. The molecular weight excluding hydrogens is 254 g/mol. The first-order valence-corrected chi connectivity index (χ1v) is 7.95. The highest BCUT2D eigenvalue weighted by Crippen LogP contribution is 2.25. The van der Waals surface area contributed by atoms with Gasteiger partial charge >= 0.3 is 0 Å². The van der Waals surface area contributed by atoms with E-state index in [0.717, 1.165) is 24.3 Å². The standard InChI is InChI=1S/C11H15N3OS2/c1-17(15)6-4-12-7-9-8-13-14-11(9)10-3-2-5-16-10/h2-3,5,8,12H,4,6-7H2,1H3,(H,13,14). The van der Waals surface area contributed by atoms with Gasteiger partial charge in [-0.2, -0.15) is 5.10 Å². The van der Waals surface area contributed by atoms with Gasteiger partial charge in [0.2, 0.25) is 0 Å². The van der Waals surface area contributed by atoms with E-state index in [0.29, 0.717) is 5.75 Å². The monoisotopic (exact) mass is 269 g/mol. The Hall–Kier alpha value is -0.980. The highest BCUT2D eigenvalue weighted by atomic mass is 32.2. The SMILES string of the molecule is CS(=O)CCNCc1cn[nH]c1-c1cccs1. The molecule has 0 aliphatic carbocycles. The Balaban J connectivity index is 1.93. The van der Waals surface area contributed by atoms with Gasteiger partial charge < -0.3 is 5.32 Å². The maximum atomic E-state index is 10.9. The van der Waals surface area contributed by atoms with Crippen LogP contribution in [0.3, 0.4) is 0 Å². The summed E-state index contributed by atoms with van der Waals surface area (Å²) in [5, 5.41) is 12.4. The van der Waals surface area contributed by atoms with Gasteiger partial charge in [-0.3, -0.25) is 9.31 Å². The van der Waals surface area contributed by atoms with Crippen LogP contribution in [0.5, 0.6) is 0 Å². The molecule has 0 aliphatic rings. The Morgan fingerprint density at radius 3 is 3.18 bits per heavy atom. The number of H-pyrrole nitrogens is 1. The van der Waals surface area contributed by atoms with E-state index in [1.807, 2.05) is 17.6 Å². The van der Waals surface area contributed by atoms with Crippen molar-refractivity contribution in [3.8, 4) is 10.6 Å². The number of nitrogens with one attached hydrogen (secondary N) is 2. The second-order valence-electron chi connectivity index (χ2n) is 3.70. The normalized spacial score (nSPS) is 12.8. The average molecular weight is 269 g/mol. The minimum Gasteiger partial charge on any atom is -0.312 e. The molecule has 0 saturated carbocycles. The van der Waals surface area contributed by atoms with Crippen molar-refractivity contribution in [1.29, 1.82) is 0 Å². The minimum atomic E-state index is -0.733. The number of thiophene rings is 1. The molecular formula is C11H15N3OS2. The van der Waals surface area contributed by atoms with Crippen molar-refractivity contribution in [3.63, 3.8) is 0 Å². The largest absolute Gasteiger partial charge is 0.312 e. The summed E-state index contributed by atoms with van der Waals surface area (Å²) < 4.78 is 10.9. The Labute approximate surface area is 107 Å². The van der Waals surface area contributed by atoms with Crippen LogP contribution in [0.1, 0.15) is 5.56 Å². The molecule has 0 spiro atoms. The van der Waals surface area contributed by atoms with Crippen LogP contribution >= 0.6 is 11.3 Å². The van der Waals surface area contributed by atoms with Crippen LogP contribution in [0.25, 0.3) is 10.6 Å². The summed E-state index contributed by atoms with van der Waals surface area (Å²) in [5.74, 6) is 0.687. The van der Waals surface area contributed by atoms with Gasteiger partial charge in [0, 0.05) is 41.5 Å². The summed E-state index contributed by atoms with van der Waals surface area (Å²) in [6, 6.07) is 4.10. The summed E-state index contributed by atoms with van der Waals surface area (Å²) in [5.41, 5.74) is 2.22. The van der Waals surface area contributed by atoms with E-state index in [1.54, 1.807) is 17.6 Å². The van der Waals surface area contributed by atoms with Gasteiger partial charge in [0.15, 0.2) is 0 Å². The zero-order valence-electron chi connectivity index (χ0n) is 9.60. The third-order valence-corrected chi connectivity index (χ3v) is 4.03. The smallest absolute Gasteiger partial charge is 0.0794 e. The molecule has 1 atom stereocenters. The van der Waals surface area contributed by atoms with Crippen LogP contribution in [0.2, 0.25) is 0 Å². The lowest BCUT2D eigenvalue weighted by molar-refractivity contribution is 0.677. The molecule has 0 aliphatic heterocycles. The predicted octanol–water partition coefficient (Wildman–Crippen LogP) is 1.61. The highest BCUT2D eigenvalue weighted by Gasteiger charge is 2.07. The molecule has 0 radical (unpaired) electrons. The van der Waals surface area contributed by atoms with Gasteiger partial charge in [0.25, 0.3) is 0 Å². The average Bonchev–Trinajstić information content (AvgIpc) is 2.94. The minimum absolute atomic E-state index is 0.687. The lowest BCUT2D eigenvalue weighted by atomic mass is 10.2. The molecule has 17 heavy (non-hydrogen) atoms. The van der Waals surface area contributed by atoms with Crippen molar-refractivity contribution in [2.45, 2.75) is 6.54 Å². The van der Waals surface area contributed by atoms with E-state index >= 15 is 0 Å². The van der Waals surface area contributed by atoms with Gasteiger partial charge in [-0.15, -0.1) is 11.3 Å². The van der Waals surface area contributed by atoms with Gasteiger partial charge in [-0.25, -0.2) is 0 Å². The molecule has 0 saturated heterocycles. The van der Waals surface area contributed by atoms with Crippen LogP contribution in [-0.4, -0.2) is 33.0 Å². The predicted molar refractivity (Wildman–Crippen MR) is 72.5 cm³/mol. The van der Waals surface area contributed by atoms with Crippen molar-refractivity contribution in [2.75, 3.05) is 18.6 Å². The fourth-order valence-electron chi connectivity index (χ4n) is 1.52. The maximum absolute atomic E-state index is 10.9. The Kier molecular flexibility index (Phi) is 4.47. The van der Waals surface area contributed by atoms with Gasteiger partial charge in [-0.1, -0.05) is 6.07 Å². The van der Waals surface area contributed by atoms with Crippen LogP contribution in [-0.2, 0) is 17.3 Å². The van der Waals surface area contributed by atoms with Crippen molar-refractivity contribution >= 4 is 22.1 Å². The topological polar surface area (TPSA) is 57.8 Å². The molecule has 6 heteroatoms. The van der Waals surface area contributed by atoms with Gasteiger partial charge in [-0.05, 0) is 11.4 Å². The zero-order chi connectivity index (χ0) is 12.1. The first kappa shape index (κ1) is 12.5. The molecule has 0 bridgehead atoms. The van der Waals surface area contributed by atoms with Crippen LogP contribution in [0.4, 0.5) is 0 Å². The van der Waals surface area contributed by atoms with Crippen molar-refractivity contribution in [2.24, 2.45) is 0 Å². The third kappa shape index (κ3) is 3.49. The number of rotatable bonds is 6. The fraction of sp³-hybridized carbons (Fsp3) is 0.364. The maximum Gasteiger partial charge on any atom is 0.0794 e. The summed E-state index contributed by atoms with van der Waals surface area (Å²) in [7, 11) is -0.733. The lowest BCUT2D eigenvalue weighted by Gasteiger charge is -2.03. The van der Waals surface area contributed by atoms with Gasteiger partial charge in [0.1, 0.15) is 0 Å². The summed E-state index contributed by atoms with van der Waals surface area (Å²) in [4.78, 5) is 1.19. The molecule has 2 heterocycles. The quantitative estimate of drug-likeness (QED) is 0.783. The summed E-state index contributed by atoms with van der Waals surface area (Å²) in [6.45, 7) is 1.51. The number of nitrogens with zero attached hydrogens (tertiary/aromatic N) is 1. The number of aromatic amines is 1. The molecule has 0 aromatic carbocycles. The summed E-state index contributed by atoms with van der Waals surface area (Å²) in [6.07, 6.45) is 3.56. The molecule has 1 unspecified atom stereocenters. The van der Waals surface area contributed by atoms with Gasteiger partial charge in [0.05, 0.1) is 16.8 Å². The molecule has 2 aromatic rings. The van der Waals surface area contributed by atoms with E-state index in [2.05, 4.69) is 21.6 Å². The molecule has 2 aromatic heterocycles. The number of hydrogen-bond donors (Lipinski definition) is 2. The lowest BCUT2D eigenvalue weighted by Crippen LogP contribution is -2.19. The molecule has 2 N–H and O–H groups in total. The van der Waals surface area contributed by atoms with E-state index in [-0.39, 0.29) is 0 Å². The van der Waals surface area contributed by atoms with Crippen LogP contribution < -0.4 is 5.32 Å². The Bertz CT molecular complexity index is 479. The van der Waals surface area contributed by atoms with Crippen LogP contribution in [0.15, 0.2) is 23.7 Å². The van der Waals surface area contributed by atoms with E-state index in [9.17, 15) is 4.21 Å². The highest BCUT2D eigenvalue weighted by molar-refractivity contribution is 7.84.